The predicted molar refractivity (Wildman–Crippen MR) is 84.8 cm³/mol. The van der Waals surface area contributed by atoms with Crippen molar-refractivity contribution in [1.82, 2.24) is 15.1 Å². The van der Waals surface area contributed by atoms with Crippen molar-refractivity contribution in [2.75, 3.05) is 11.9 Å². The summed E-state index contributed by atoms with van der Waals surface area (Å²) in [6, 6.07) is 3.60. The van der Waals surface area contributed by atoms with E-state index in [1.165, 1.54) is 11.3 Å². The highest BCUT2D eigenvalue weighted by molar-refractivity contribution is 7.15. The molecule has 122 valence electrons. The van der Waals surface area contributed by atoms with Gasteiger partial charge < -0.3 is 14.6 Å². The van der Waals surface area contributed by atoms with Crippen molar-refractivity contribution in [1.29, 1.82) is 0 Å². The maximum Gasteiger partial charge on any atom is 0.231 e. The van der Waals surface area contributed by atoms with E-state index in [1.54, 1.807) is 17.2 Å². The van der Waals surface area contributed by atoms with Gasteiger partial charge in [0.25, 0.3) is 0 Å². The molecule has 3 rings (SSSR count). The Morgan fingerprint density at radius 1 is 1.52 bits per heavy atom. The highest BCUT2D eigenvalue weighted by Crippen LogP contribution is 2.23. The van der Waals surface area contributed by atoms with Crippen LogP contribution in [0.15, 0.2) is 22.8 Å². The second-order valence-electron chi connectivity index (χ2n) is 5.49. The minimum absolute atomic E-state index is 0.0366. The summed E-state index contributed by atoms with van der Waals surface area (Å²) in [7, 11) is 0. The van der Waals surface area contributed by atoms with Crippen molar-refractivity contribution in [3.8, 4) is 0 Å². The molecular weight excluding hydrogens is 316 g/mol. The summed E-state index contributed by atoms with van der Waals surface area (Å²) in [5.41, 5.74) is 0. The molecule has 0 bridgehead atoms. The quantitative estimate of drug-likeness (QED) is 0.873. The van der Waals surface area contributed by atoms with Crippen LogP contribution >= 0.6 is 11.3 Å². The van der Waals surface area contributed by atoms with Crippen LogP contribution in [0.3, 0.4) is 0 Å². The Morgan fingerprint density at radius 2 is 2.39 bits per heavy atom. The lowest BCUT2D eigenvalue weighted by Crippen LogP contribution is -2.27. The number of likely N-dealkylation sites (tertiary alicyclic amines) is 1. The molecule has 7 nitrogen and oxygen atoms in total. The summed E-state index contributed by atoms with van der Waals surface area (Å²) >= 11 is 1.38. The molecule has 2 aromatic rings. The first-order chi connectivity index (χ1) is 11.2. The number of anilines is 1. The average molecular weight is 334 g/mol. The summed E-state index contributed by atoms with van der Waals surface area (Å²) in [4.78, 5) is 26.0. The Labute approximate surface area is 137 Å². The van der Waals surface area contributed by atoms with Crippen LogP contribution in [0, 0.1) is 5.92 Å². The Bertz CT molecular complexity index is 683. The van der Waals surface area contributed by atoms with E-state index >= 15 is 0 Å². The number of amides is 2. The smallest absolute Gasteiger partial charge is 0.231 e. The van der Waals surface area contributed by atoms with Gasteiger partial charge >= 0.3 is 0 Å². The number of hydrogen-bond donors (Lipinski definition) is 1. The third-order valence-corrected chi connectivity index (χ3v) is 4.57. The highest BCUT2D eigenvalue weighted by Gasteiger charge is 2.35. The van der Waals surface area contributed by atoms with Gasteiger partial charge in [0, 0.05) is 19.4 Å². The van der Waals surface area contributed by atoms with Gasteiger partial charge in [-0.15, -0.1) is 10.2 Å². The summed E-state index contributed by atoms with van der Waals surface area (Å²) < 4.78 is 5.25. The van der Waals surface area contributed by atoms with Gasteiger partial charge in [0.15, 0.2) is 0 Å². The second-order valence-corrected chi connectivity index (χ2v) is 6.56. The topological polar surface area (TPSA) is 88.3 Å². The van der Waals surface area contributed by atoms with E-state index in [1.807, 2.05) is 6.07 Å². The van der Waals surface area contributed by atoms with Gasteiger partial charge in [-0.25, -0.2) is 0 Å². The number of nitrogens with zero attached hydrogens (tertiary/aromatic N) is 3. The van der Waals surface area contributed by atoms with Crippen LogP contribution in [0.25, 0.3) is 0 Å². The van der Waals surface area contributed by atoms with Crippen molar-refractivity contribution < 1.29 is 14.0 Å². The molecule has 2 aromatic heterocycles. The molecule has 0 aromatic carbocycles. The van der Waals surface area contributed by atoms with Crippen molar-refractivity contribution in [2.24, 2.45) is 5.92 Å². The van der Waals surface area contributed by atoms with E-state index in [9.17, 15) is 9.59 Å². The molecule has 1 N–H and O–H groups in total. The van der Waals surface area contributed by atoms with E-state index < -0.39 is 0 Å². The number of aryl methyl sites for hydroxylation is 1. The fourth-order valence-electron chi connectivity index (χ4n) is 2.52. The van der Waals surface area contributed by atoms with Crippen molar-refractivity contribution in [3.63, 3.8) is 0 Å². The molecule has 0 saturated carbocycles. The molecule has 1 aliphatic heterocycles. The molecule has 2 amide bonds. The summed E-state index contributed by atoms with van der Waals surface area (Å²) in [5, 5.41) is 12.2. The minimum atomic E-state index is -0.365. The molecular formula is C15H18N4O3S. The molecule has 1 aliphatic rings. The zero-order valence-corrected chi connectivity index (χ0v) is 13.6. The van der Waals surface area contributed by atoms with E-state index in [-0.39, 0.29) is 24.2 Å². The molecule has 8 heteroatoms. The maximum atomic E-state index is 12.3. The van der Waals surface area contributed by atoms with Crippen LogP contribution in [0.2, 0.25) is 0 Å². The molecule has 0 spiro atoms. The molecule has 1 fully saturated rings. The maximum absolute atomic E-state index is 12.3. The first-order valence-electron chi connectivity index (χ1n) is 7.59. The number of hydrogen-bond acceptors (Lipinski definition) is 6. The average Bonchev–Trinajstić information content (AvgIpc) is 3.24. The van der Waals surface area contributed by atoms with Gasteiger partial charge in [0.05, 0.1) is 18.7 Å². The Hall–Kier alpha value is -2.22. The van der Waals surface area contributed by atoms with Gasteiger partial charge in [0.2, 0.25) is 16.9 Å². The van der Waals surface area contributed by atoms with Gasteiger partial charge in [-0.05, 0) is 18.6 Å². The molecule has 1 saturated heterocycles. The summed E-state index contributed by atoms with van der Waals surface area (Å²) in [6.45, 7) is 2.86. The zero-order valence-electron chi connectivity index (χ0n) is 12.8. The molecule has 23 heavy (non-hydrogen) atoms. The van der Waals surface area contributed by atoms with Crippen LogP contribution in [0.1, 0.15) is 30.5 Å². The van der Waals surface area contributed by atoms with Gasteiger partial charge in [-0.1, -0.05) is 18.3 Å². The number of carbonyl (C=O) groups is 2. The third-order valence-electron chi connectivity index (χ3n) is 3.67. The largest absolute Gasteiger partial charge is 0.467 e. The van der Waals surface area contributed by atoms with Crippen LogP contribution in [0.5, 0.6) is 0 Å². The van der Waals surface area contributed by atoms with Crippen LogP contribution < -0.4 is 5.32 Å². The first-order valence-corrected chi connectivity index (χ1v) is 8.40. The first kappa shape index (κ1) is 15.7. The van der Waals surface area contributed by atoms with Crippen LogP contribution in [-0.4, -0.2) is 33.5 Å². The fourth-order valence-corrected chi connectivity index (χ4v) is 3.36. The number of furan rings is 1. The molecule has 3 heterocycles. The van der Waals surface area contributed by atoms with Crippen molar-refractivity contribution in [2.45, 2.75) is 32.7 Å². The van der Waals surface area contributed by atoms with Crippen LogP contribution in [-0.2, 0) is 22.6 Å². The lowest BCUT2D eigenvalue weighted by molar-refractivity contribution is -0.128. The molecule has 1 unspecified atom stereocenters. The number of aromatic nitrogens is 2. The Balaban J connectivity index is 1.56. The molecule has 0 radical (unpaired) electrons. The minimum Gasteiger partial charge on any atom is -0.467 e. The molecule has 1 atom stereocenters. The Morgan fingerprint density at radius 3 is 3.13 bits per heavy atom. The Kier molecular flexibility index (Phi) is 4.71. The lowest BCUT2D eigenvalue weighted by atomic mass is 10.1. The predicted octanol–water partition coefficient (Wildman–Crippen LogP) is 2.07. The number of rotatable bonds is 6. The number of carbonyl (C=O) groups excluding carboxylic acids is 2. The van der Waals surface area contributed by atoms with Crippen LogP contribution in [0.4, 0.5) is 5.13 Å². The van der Waals surface area contributed by atoms with Gasteiger partial charge in [-0.3, -0.25) is 9.59 Å². The van der Waals surface area contributed by atoms with Gasteiger partial charge in [-0.2, -0.15) is 0 Å². The summed E-state index contributed by atoms with van der Waals surface area (Å²) in [6.07, 6.45) is 3.63. The lowest BCUT2D eigenvalue weighted by Gasteiger charge is -2.14. The standard InChI is InChI=1S/C15H18N4O3S/c1-2-4-12-17-18-15(23-12)16-14(21)10-7-13(20)19(8-10)9-11-5-3-6-22-11/h3,5-6,10H,2,4,7-9H2,1H3,(H,16,18,21). The third kappa shape index (κ3) is 3.76. The zero-order chi connectivity index (χ0) is 16.2. The monoisotopic (exact) mass is 334 g/mol. The number of nitrogens with one attached hydrogen (secondary N) is 1. The SMILES string of the molecule is CCCc1nnc(NC(=O)C2CC(=O)N(Cc3ccco3)C2)s1. The van der Waals surface area contributed by atoms with E-state index in [0.29, 0.717) is 24.0 Å². The van der Waals surface area contributed by atoms with E-state index in [0.717, 1.165) is 17.8 Å². The van der Waals surface area contributed by atoms with Crippen molar-refractivity contribution >= 4 is 28.3 Å². The second kappa shape index (κ2) is 6.91. The molecule has 0 aliphatic carbocycles. The summed E-state index contributed by atoms with van der Waals surface area (Å²) in [5.74, 6) is 0.133. The normalized spacial score (nSPS) is 17.7. The van der Waals surface area contributed by atoms with E-state index in [4.69, 9.17) is 4.42 Å². The van der Waals surface area contributed by atoms with Crippen molar-refractivity contribution in [3.05, 3.63) is 29.2 Å². The van der Waals surface area contributed by atoms with E-state index in [2.05, 4.69) is 22.4 Å². The van der Waals surface area contributed by atoms with Gasteiger partial charge in [0.1, 0.15) is 10.8 Å². The highest BCUT2D eigenvalue weighted by atomic mass is 32.1. The fraction of sp³-hybridized carbons (Fsp3) is 0.467.